The van der Waals surface area contributed by atoms with Gasteiger partial charge in [0.2, 0.25) is 11.8 Å². The molecule has 1 fully saturated rings. The van der Waals surface area contributed by atoms with Crippen molar-refractivity contribution in [3.63, 3.8) is 0 Å². The Balaban J connectivity index is 2.06. The zero-order valence-corrected chi connectivity index (χ0v) is 16.8. The number of ether oxygens (including phenoxy) is 2. The summed E-state index contributed by atoms with van der Waals surface area (Å²) in [6.07, 6.45) is 0.202. The van der Waals surface area contributed by atoms with Crippen molar-refractivity contribution in [1.82, 2.24) is 10.2 Å². The minimum atomic E-state index is -0.953. The average Bonchev–Trinajstić information content (AvgIpc) is 3.01. The van der Waals surface area contributed by atoms with Gasteiger partial charge in [-0.25, -0.2) is 9.18 Å². The molecule has 1 heterocycles. The van der Waals surface area contributed by atoms with E-state index in [0.717, 1.165) is 0 Å². The monoisotopic (exact) mass is 414 g/mol. The number of rotatable bonds is 8. The van der Waals surface area contributed by atoms with Crippen LogP contribution in [0.4, 0.5) is 4.39 Å². The lowest BCUT2D eigenvalue weighted by Crippen LogP contribution is -2.50. The quantitative estimate of drug-likeness (QED) is 0.658. The van der Waals surface area contributed by atoms with Crippen LogP contribution in [-0.2, 0) is 30.4 Å². The summed E-state index contributed by atoms with van der Waals surface area (Å²) in [5, 5.41) is 2.57. The normalized spacial score (nSPS) is 18.7. The average molecular weight is 415 g/mol. The molecule has 0 saturated carbocycles. The van der Waals surface area contributed by atoms with E-state index in [1.54, 1.807) is 13.0 Å². The van der Waals surface area contributed by atoms with Gasteiger partial charge < -0.3 is 19.7 Å². The number of methoxy groups -OCH3 is 2. The molecule has 28 heavy (non-hydrogen) atoms. The fraction of sp³-hybridized carbons (Fsp3) is 0.526. The van der Waals surface area contributed by atoms with Crippen molar-refractivity contribution in [2.45, 2.75) is 50.9 Å². The minimum Gasteiger partial charge on any atom is -0.467 e. The third-order valence-corrected chi connectivity index (χ3v) is 5.28. The maximum absolute atomic E-state index is 13.7. The fourth-order valence-corrected chi connectivity index (χ4v) is 3.34. The first-order chi connectivity index (χ1) is 13.3. The van der Waals surface area contributed by atoms with Crippen LogP contribution >= 0.6 is 11.6 Å². The highest BCUT2D eigenvalue weighted by molar-refractivity contribution is 6.31. The first kappa shape index (κ1) is 22.1. The molecule has 1 aromatic carbocycles. The van der Waals surface area contributed by atoms with E-state index in [1.807, 2.05) is 0 Å². The van der Waals surface area contributed by atoms with Crippen molar-refractivity contribution < 1.29 is 28.2 Å². The summed E-state index contributed by atoms with van der Waals surface area (Å²) in [6.45, 7) is 1.75. The zero-order valence-electron chi connectivity index (χ0n) is 16.0. The molecule has 3 atom stereocenters. The van der Waals surface area contributed by atoms with Crippen molar-refractivity contribution in [2.75, 3.05) is 14.2 Å². The summed E-state index contributed by atoms with van der Waals surface area (Å²) in [4.78, 5) is 38.1. The van der Waals surface area contributed by atoms with Crippen molar-refractivity contribution in [3.8, 4) is 0 Å². The van der Waals surface area contributed by atoms with Gasteiger partial charge in [-0.05, 0) is 25.0 Å². The number of benzene rings is 1. The molecule has 0 bridgehead atoms. The minimum absolute atomic E-state index is 0.00258. The highest BCUT2D eigenvalue weighted by atomic mass is 35.5. The van der Waals surface area contributed by atoms with Gasteiger partial charge >= 0.3 is 5.97 Å². The van der Waals surface area contributed by atoms with Gasteiger partial charge in [-0.15, -0.1) is 0 Å². The van der Waals surface area contributed by atoms with E-state index >= 15 is 0 Å². The Labute approximate surface area is 168 Å². The van der Waals surface area contributed by atoms with E-state index in [2.05, 4.69) is 5.32 Å². The number of nitrogens with zero attached hydrogens (tertiary/aromatic N) is 1. The molecule has 154 valence electrons. The summed E-state index contributed by atoms with van der Waals surface area (Å²) in [6, 6.07) is 3.08. The molecule has 9 heteroatoms. The van der Waals surface area contributed by atoms with Gasteiger partial charge in [0.1, 0.15) is 5.82 Å². The van der Waals surface area contributed by atoms with E-state index in [-0.39, 0.29) is 29.9 Å². The van der Waals surface area contributed by atoms with Gasteiger partial charge in [-0.3, -0.25) is 9.59 Å². The third-order valence-electron chi connectivity index (χ3n) is 4.86. The molecule has 0 aromatic heterocycles. The summed E-state index contributed by atoms with van der Waals surface area (Å²) in [7, 11) is 2.65. The molecule has 7 nitrogen and oxygen atoms in total. The molecule has 0 spiro atoms. The standard InChI is InChI=1S/C19H24ClFN2O5/c1-11(27-2)18(19(26)28-3)22-15(24)9-13-7-8-16(25)23(13)10-12-5-4-6-14(21)17(12)20/h4-6,11,13,18H,7-10H2,1-3H3,(H,22,24)/t11-,13+,18+/m1/s1. The summed E-state index contributed by atoms with van der Waals surface area (Å²) in [5.74, 6) is -1.72. The number of carbonyl (C=O) groups is 3. The van der Waals surface area contributed by atoms with Crippen LogP contribution in [0.15, 0.2) is 18.2 Å². The van der Waals surface area contributed by atoms with E-state index in [4.69, 9.17) is 21.1 Å². The number of nitrogens with one attached hydrogen (secondary N) is 1. The Morgan fingerprint density at radius 2 is 2.11 bits per heavy atom. The van der Waals surface area contributed by atoms with Crippen molar-refractivity contribution in [2.24, 2.45) is 0 Å². The molecule has 0 aliphatic carbocycles. The number of carbonyl (C=O) groups excluding carboxylic acids is 3. The third kappa shape index (κ3) is 5.20. The Bertz CT molecular complexity index is 745. The van der Waals surface area contributed by atoms with Gasteiger partial charge in [-0.1, -0.05) is 23.7 Å². The van der Waals surface area contributed by atoms with Crippen LogP contribution in [0.25, 0.3) is 0 Å². The summed E-state index contributed by atoms with van der Waals surface area (Å²) < 4.78 is 23.5. The molecule has 1 aliphatic heterocycles. The molecule has 0 unspecified atom stereocenters. The maximum atomic E-state index is 13.7. The molecule has 2 amide bonds. The topological polar surface area (TPSA) is 84.9 Å². The van der Waals surface area contributed by atoms with E-state index in [1.165, 1.54) is 31.3 Å². The van der Waals surface area contributed by atoms with E-state index in [9.17, 15) is 18.8 Å². The van der Waals surface area contributed by atoms with Gasteiger partial charge in [0.25, 0.3) is 0 Å². The lowest BCUT2D eigenvalue weighted by atomic mass is 10.1. The first-order valence-corrected chi connectivity index (χ1v) is 9.28. The molecular weight excluding hydrogens is 391 g/mol. The number of likely N-dealkylation sites (tertiary alicyclic amines) is 1. The summed E-state index contributed by atoms with van der Waals surface area (Å²) >= 11 is 5.99. The van der Waals surface area contributed by atoms with Gasteiger partial charge in [0.05, 0.1) is 18.2 Å². The second kappa shape index (κ2) is 9.84. The molecule has 1 aromatic rings. The second-order valence-corrected chi connectivity index (χ2v) is 7.02. The maximum Gasteiger partial charge on any atom is 0.331 e. The Morgan fingerprint density at radius 1 is 1.39 bits per heavy atom. The van der Waals surface area contributed by atoms with Crippen molar-refractivity contribution in [3.05, 3.63) is 34.6 Å². The number of hydrogen-bond donors (Lipinski definition) is 1. The van der Waals surface area contributed by atoms with Crippen LogP contribution in [0.1, 0.15) is 31.7 Å². The number of amides is 2. The largest absolute Gasteiger partial charge is 0.467 e. The van der Waals surface area contributed by atoms with Crippen LogP contribution in [0.3, 0.4) is 0 Å². The van der Waals surface area contributed by atoms with Crippen LogP contribution in [0, 0.1) is 5.82 Å². The Kier molecular flexibility index (Phi) is 7.77. The summed E-state index contributed by atoms with van der Waals surface area (Å²) in [5.41, 5.74) is 0.475. The molecular formula is C19H24ClFN2O5. The number of esters is 1. The number of hydrogen-bond acceptors (Lipinski definition) is 5. The van der Waals surface area contributed by atoms with Crippen LogP contribution in [0.2, 0.25) is 5.02 Å². The molecule has 2 rings (SSSR count). The Morgan fingerprint density at radius 3 is 2.75 bits per heavy atom. The van der Waals surface area contributed by atoms with Gasteiger partial charge in [0, 0.05) is 32.5 Å². The van der Waals surface area contributed by atoms with Crippen LogP contribution in [-0.4, -0.2) is 55.1 Å². The molecule has 1 saturated heterocycles. The lowest BCUT2D eigenvalue weighted by Gasteiger charge is -2.27. The van der Waals surface area contributed by atoms with Crippen LogP contribution < -0.4 is 5.32 Å². The van der Waals surface area contributed by atoms with Gasteiger partial charge in [-0.2, -0.15) is 0 Å². The highest BCUT2D eigenvalue weighted by Gasteiger charge is 2.35. The molecule has 0 radical (unpaired) electrons. The lowest BCUT2D eigenvalue weighted by molar-refractivity contribution is -0.149. The van der Waals surface area contributed by atoms with Gasteiger partial charge in [0.15, 0.2) is 6.04 Å². The molecule has 1 N–H and O–H groups in total. The van der Waals surface area contributed by atoms with E-state index < -0.39 is 29.8 Å². The second-order valence-electron chi connectivity index (χ2n) is 6.64. The van der Waals surface area contributed by atoms with Crippen molar-refractivity contribution >= 4 is 29.4 Å². The first-order valence-electron chi connectivity index (χ1n) is 8.90. The smallest absolute Gasteiger partial charge is 0.331 e. The predicted octanol–water partition coefficient (Wildman–Crippen LogP) is 2.05. The predicted molar refractivity (Wildman–Crippen MR) is 100 cm³/mol. The zero-order chi connectivity index (χ0) is 20.8. The van der Waals surface area contributed by atoms with E-state index in [0.29, 0.717) is 18.4 Å². The fourth-order valence-electron chi connectivity index (χ4n) is 3.15. The SMILES string of the molecule is COC(=O)[C@@H](NC(=O)C[C@@H]1CCC(=O)N1Cc1cccc(F)c1Cl)[C@@H](C)OC. The van der Waals surface area contributed by atoms with Crippen LogP contribution in [0.5, 0.6) is 0 Å². The van der Waals surface area contributed by atoms with Crippen molar-refractivity contribution in [1.29, 1.82) is 0 Å². The number of halogens is 2. The highest BCUT2D eigenvalue weighted by Crippen LogP contribution is 2.27. The molecule has 1 aliphatic rings. The Hall–Kier alpha value is -2.19.